The van der Waals surface area contributed by atoms with E-state index in [9.17, 15) is 9.59 Å². The van der Waals surface area contributed by atoms with Gasteiger partial charge in [0.25, 0.3) is 0 Å². The first-order valence-electron chi connectivity index (χ1n) is 7.48. The second-order valence-corrected chi connectivity index (χ2v) is 5.18. The second kappa shape index (κ2) is 7.67. The highest BCUT2D eigenvalue weighted by Gasteiger charge is 2.31. The monoisotopic (exact) mass is 290 g/mol. The summed E-state index contributed by atoms with van der Waals surface area (Å²) in [6.45, 7) is 3.55. The van der Waals surface area contributed by atoms with E-state index in [1.54, 1.807) is 4.90 Å². The Bertz CT molecular complexity index is 476. The van der Waals surface area contributed by atoms with E-state index in [2.05, 4.69) is 12.2 Å². The van der Waals surface area contributed by atoms with E-state index in [1.165, 1.54) is 0 Å². The summed E-state index contributed by atoms with van der Waals surface area (Å²) >= 11 is 0. The van der Waals surface area contributed by atoms with Crippen LogP contribution in [-0.4, -0.2) is 36.5 Å². The van der Waals surface area contributed by atoms with E-state index in [4.69, 9.17) is 4.74 Å². The number of unbranched alkanes of at least 4 members (excludes halogenated alkanes) is 1. The Labute approximate surface area is 125 Å². The van der Waals surface area contributed by atoms with Crippen LogP contribution < -0.4 is 5.32 Å². The summed E-state index contributed by atoms with van der Waals surface area (Å²) in [5.74, 6) is 0.0454. The Morgan fingerprint density at radius 2 is 2.14 bits per heavy atom. The zero-order valence-electron chi connectivity index (χ0n) is 12.4. The normalized spacial score (nSPS) is 17.7. The van der Waals surface area contributed by atoms with Gasteiger partial charge in [-0.25, -0.2) is 4.79 Å². The number of carbonyl (C=O) groups excluding carboxylic acids is 2. The highest BCUT2D eigenvalue weighted by Crippen LogP contribution is 2.25. The molecule has 1 saturated heterocycles. The number of benzene rings is 1. The van der Waals surface area contributed by atoms with Gasteiger partial charge in [0.05, 0.1) is 6.54 Å². The predicted molar refractivity (Wildman–Crippen MR) is 79.8 cm³/mol. The predicted octanol–water partition coefficient (Wildman–Crippen LogP) is 2.49. The number of amides is 2. The smallest absolute Gasteiger partial charge is 0.410 e. The van der Waals surface area contributed by atoms with Gasteiger partial charge in [0.1, 0.15) is 6.10 Å². The summed E-state index contributed by atoms with van der Waals surface area (Å²) in [4.78, 5) is 24.9. The van der Waals surface area contributed by atoms with Gasteiger partial charge < -0.3 is 15.0 Å². The molecule has 2 amide bonds. The van der Waals surface area contributed by atoms with E-state index in [1.807, 2.05) is 30.3 Å². The van der Waals surface area contributed by atoms with Crippen molar-refractivity contribution in [3.63, 3.8) is 0 Å². The number of carbonyl (C=O) groups is 2. The van der Waals surface area contributed by atoms with Crippen LogP contribution in [0.1, 0.15) is 37.9 Å². The lowest BCUT2D eigenvalue weighted by atomic mass is 10.1. The number of rotatable bonds is 7. The molecule has 1 atom stereocenters. The topological polar surface area (TPSA) is 58.6 Å². The molecule has 1 unspecified atom stereocenters. The van der Waals surface area contributed by atoms with Crippen molar-refractivity contribution in [3.05, 3.63) is 35.9 Å². The van der Waals surface area contributed by atoms with Crippen molar-refractivity contribution in [1.29, 1.82) is 0 Å². The molecule has 1 N–H and O–H groups in total. The van der Waals surface area contributed by atoms with Gasteiger partial charge in [-0.15, -0.1) is 0 Å². The molecule has 1 aromatic carbocycles. The molecule has 0 bridgehead atoms. The minimum Gasteiger partial charge on any atom is -0.439 e. The van der Waals surface area contributed by atoms with Crippen LogP contribution in [0.3, 0.4) is 0 Å². The van der Waals surface area contributed by atoms with E-state index in [0.29, 0.717) is 26.1 Å². The molecule has 0 spiro atoms. The maximum absolute atomic E-state index is 11.8. The summed E-state index contributed by atoms with van der Waals surface area (Å²) in [6, 6.07) is 9.70. The molecule has 0 saturated carbocycles. The van der Waals surface area contributed by atoms with Crippen LogP contribution >= 0.6 is 0 Å². The fraction of sp³-hybridized carbons (Fsp3) is 0.500. The molecule has 1 aliphatic rings. The first kappa shape index (κ1) is 15.4. The molecule has 21 heavy (non-hydrogen) atoms. The molecule has 0 aromatic heterocycles. The first-order valence-corrected chi connectivity index (χ1v) is 7.48. The molecular weight excluding hydrogens is 268 g/mol. The molecule has 0 aliphatic carbocycles. The Morgan fingerprint density at radius 1 is 1.38 bits per heavy atom. The number of cyclic esters (lactones) is 1. The highest BCUT2D eigenvalue weighted by molar-refractivity contribution is 5.76. The molecule has 5 nitrogen and oxygen atoms in total. The van der Waals surface area contributed by atoms with Gasteiger partial charge in [0.2, 0.25) is 5.91 Å². The molecule has 1 aliphatic heterocycles. The highest BCUT2D eigenvalue weighted by atomic mass is 16.6. The lowest BCUT2D eigenvalue weighted by molar-refractivity contribution is -0.121. The fourth-order valence-corrected chi connectivity index (χ4v) is 2.29. The number of nitrogens with one attached hydrogen (secondary N) is 1. The van der Waals surface area contributed by atoms with Crippen molar-refractivity contribution < 1.29 is 14.3 Å². The van der Waals surface area contributed by atoms with Crippen molar-refractivity contribution in [2.24, 2.45) is 0 Å². The van der Waals surface area contributed by atoms with E-state index in [-0.39, 0.29) is 18.1 Å². The van der Waals surface area contributed by atoms with Gasteiger partial charge in [-0.05, 0) is 12.0 Å². The molecule has 2 rings (SSSR count). The lowest BCUT2D eigenvalue weighted by Gasteiger charge is -2.13. The SMILES string of the molecule is CCCCC(=O)NCCN1CC(c2ccccc2)OC1=O. The van der Waals surface area contributed by atoms with E-state index < -0.39 is 0 Å². The molecule has 1 heterocycles. The minimum atomic E-state index is -0.313. The van der Waals surface area contributed by atoms with Crippen molar-refractivity contribution >= 4 is 12.0 Å². The van der Waals surface area contributed by atoms with Gasteiger partial charge in [-0.2, -0.15) is 0 Å². The fourth-order valence-electron chi connectivity index (χ4n) is 2.29. The van der Waals surface area contributed by atoms with Crippen LogP contribution in [0.4, 0.5) is 4.79 Å². The zero-order valence-corrected chi connectivity index (χ0v) is 12.4. The van der Waals surface area contributed by atoms with Crippen molar-refractivity contribution in [1.82, 2.24) is 10.2 Å². The molecule has 1 aromatic rings. The summed E-state index contributed by atoms with van der Waals surface area (Å²) in [6.07, 6.45) is 1.92. The Kier molecular flexibility index (Phi) is 5.60. The van der Waals surface area contributed by atoms with Crippen LogP contribution in [0.15, 0.2) is 30.3 Å². The van der Waals surface area contributed by atoms with Crippen LogP contribution in [0.5, 0.6) is 0 Å². The van der Waals surface area contributed by atoms with Gasteiger partial charge in [0.15, 0.2) is 0 Å². The third-order valence-electron chi connectivity index (χ3n) is 3.52. The Morgan fingerprint density at radius 3 is 2.86 bits per heavy atom. The first-order chi connectivity index (χ1) is 10.2. The number of nitrogens with zero attached hydrogens (tertiary/aromatic N) is 1. The third-order valence-corrected chi connectivity index (χ3v) is 3.52. The van der Waals surface area contributed by atoms with E-state index >= 15 is 0 Å². The number of hydrogen-bond donors (Lipinski definition) is 1. The molecule has 114 valence electrons. The Hall–Kier alpha value is -2.04. The minimum absolute atomic E-state index is 0.0454. The van der Waals surface area contributed by atoms with Crippen molar-refractivity contribution in [2.45, 2.75) is 32.3 Å². The molecule has 1 fully saturated rings. The summed E-state index contributed by atoms with van der Waals surface area (Å²) in [7, 11) is 0. The van der Waals surface area contributed by atoms with Crippen LogP contribution in [0.2, 0.25) is 0 Å². The standard InChI is InChI=1S/C16H22N2O3/c1-2-3-9-15(19)17-10-11-18-12-14(21-16(18)20)13-7-5-4-6-8-13/h4-8,14H,2-3,9-12H2,1H3,(H,17,19). The van der Waals surface area contributed by atoms with Gasteiger partial charge in [0, 0.05) is 19.5 Å². The number of hydrogen-bond acceptors (Lipinski definition) is 3. The number of ether oxygens (including phenoxy) is 1. The summed E-state index contributed by atoms with van der Waals surface area (Å²) < 4.78 is 5.36. The summed E-state index contributed by atoms with van der Waals surface area (Å²) in [5, 5.41) is 2.83. The quantitative estimate of drug-likeness (QED) is 0.839. The average Bonchev–Trinajstić information content (AvgIpc) is 2.87. The third kappa shape index (κ3) is 4.48. The zero-order chi connectivity index (χ0) is 15.1. The van der Waals surface area contributed by atoms with Crippen LogP contribution in [-0.2, 0) is 9.53 Å². The largest absolute Gasteiger partial charge is 0.439 e. The van der Waals surface area contributed by atoms with Crippen LogP contribution in [0.25, 0.3) is 0 Å². The van der Waals surface area contributed by atoms with Gasteiger partial charge in [-0.1, -0.05) is 43.7 Å². The van der Waals surface area contributed by atoms with Crippen molar-refractivity contribution in [2.75, 3.05) is 19.6 Å². The van der Waals surface area contributed by atoms with Gasteiger partial charge in [-0.3, -0.25) is 4.79 Å². The summed E-state index contributed by atoms with van der Waals surface area (Å²) in [5.41, 5.74) is 1.00. The van der Waals surface area contributed by atoms with Crippen molar-refractivity contribution in [3.8, 4) is 0 Å². The second-order valence-electron chi connectivity index (χ2n) is 5.18. The van der Waals surface area contributed by atoms with Crippen LogP contribution in [0, 0.1) is 0 Å². The Balaban J connectivity index is 1.75. The molecule has 0 radical (unpaired) electrons. The van der Waals surface area contributed by atoms with E-state index in [0.717, 1.165) is 18.4 Å². The molecule has 5 heteroatoms. The lowest BCUT2D eigenvalue weighted by Crippen LogP contribution is -2.35. The van der Waals surface area contributed by atoms with Gasteiger partial charge >= 0.3 is 6.09 Å². The maximum atomic E-state index is 11.8. The maximum Gasteiger partial charge on any atom is 0.410 e. The molecular formula is C16H22N2O3. The average molecular weight is 290 g/mol.